The van der Waals surface area contributed by atoms with E-state index in [0.29, 0.717) is 6.54 Å². The van der Waals surface area contributed by atoms with Crippen LogP contribution in [0.25, 0.3) is 0 Å². The molecule has 0 amide bonds. The number of carboxylic acid groups (broad SMARTS) is 1. The highest BCUT2D eigenvalue weighted by Crippen LogP contribution is 2.23. The molecule has 1 aromatic rings. The Hall–Kier alpha value is -0.460. The van der Waals surface area contributed by atoms with Gasteiger partial charge in [-0.2, -0.15) is 0 Å². The van der Waals surface area contributed by atoms with Gasteiger partial charge in [-0.1, -0.05) is 0 Å². The van der Waals surface area contributed by atoms with E-state index in [-0.39, 0.29) is 12.1 Å². The lowest BCUT2D eigenvalue weighted by Crippen LogP contribution is -2.44. The molecule has 0 unspecified atom stereocenters. The molecule has 18 heavy (non-hydrogen) atoms. The summed E-state index contributed by atoms with van der Waals surface area (Å²) >= 11 is 6.78. The Labute approximate surface area is 124 Å². The molecule has 0 aliphatic carbocycles. The molecule has 100 valence electrons. The van der Waals surface area contributed by atoms with Gasteiger partial charge in [0.2, 0.25) is 0 Å². The molecule has 0 saturated carbocycles. The predicted octanol–water partition coefficient (Wildman–Crippen LogP) is 3.29. The first-order chi connectivity index (χ1) is 8.20. The number of halogens is 2. The van der Waals surface area contributed by atoms with Gasteiger partial charge in [0.05, 0.1) is 12.2 Å². The molecule has 1 rings (SSSR count). The highest BCUT2D eigenvalue weighted by molar-refractivity contribution is 9.11. The maximum atomic E-state index is 10.9. The largest absolute Gasteiger partial charge is 0.480 e. The second-order valence-corrected chi connectivity index (χ2v) is 6.77. The van der Waals surface area contributed by atoms with Crippen LogP contribution >= 0.6 is 31.9 Å². The van der Waals surface area contributed by atoms with Crippen molar-refractivity contribution in [3.63, 3.8) is 0 Å². The number of aliphatic carboxylic acids is 1. The zero-order valence-corrected chi connectivity index (χ0v) is 13.7. The predicted molar refractivity (Wildman–Crippen MR) is 77.4 cm³/mol. The van der Waals surface area contributed by atoms with Crippen LogP contribution in [-0.4, -0.2) is 33.0 Å². The van der Waals surface area contributed by atoms with Crippen LogP contribution in [0.1, 0.15) is 26.5 Å². The molecule has 0 fully saturated rings. The summed E-state index contributed by atoms with van der Waals surface area (Å²) in [6.07, 6.45) is 1.71. The first kappa shape index (κ1) is 15.6. The molecule has 0 radical (unpaired) electrons. The molecular formula is C12H16Br2N2O2. The summed E-state index contributed by atoms with van der Waals surface area (Å²) in [7, 11) is 0. The summed E-state index contributed by atoms with van der Waals surface area (Å²) in [5.41, 5.74) is 0.599. The van der Waals surface area contributed by atoms with E-state index >= 15 is 0 Å². The van der Waals surface area contributed by atoms with Crippen LogP contribution < -0.4 is 0 Å². The van der Waals surface area contributed by atoms with Gasteiger partial charge in [0.15, 0.2) is 0 Å². The van der Waals surface area contributed by atoms with Crippen molar-refractivity contribution < 1.29 is 9.90 Å². The van der Waals surface area contributed by atoms with E-state index in [2.05, 4.69) is 36.8 Å². The minimum absolute atomic E-state index is 0.00627. The number of hydrogen-bond acceptors (Lipinski definition) is 3. The summed E-state index contributed by atoms with van der Waals surface area (Å²) < 4.78 is 1.76. The Morgan fingerprint density at radius 1 is 1.44 bits per heavy atom. The van der Waals surface area contributed by atoms with E-state index in [1.807, 2.05) is 31.7 Å². The number of hydrogen-bond donors (Lipinski definition) is 1. The molecule has 0 aromatic carbocycles. The standard InChI is InChI=1S/C12H16Br2N2O2/c1-12(2,3)16(7-11(17)18)6-10-9(14)4-8(13)5-15-10/h4-5H,6-7H2,1-3H3,(H,17,18). The van der Waals surface area contributed by atoms with Gasteiger partial charge in [0.25, 0.3) is 0 Å². The lowest BCUT2D eigenvalue weighted by Gasteiger charge is -2.34. The van der Waals surface area contributed by atoms with Gasteiger partial charge in [0, 0.05) is 27.2 Å². The van der Waals surface area contributed by atoms with Gasteiger partial charge in [-0.25, -0.2) is 0 Å². The van der Waals surface area contributed by atoms with Gasteiger partial charge < -0.3 is 5.11 Å². The second-order valence-electron chi connectivity index (χ2n) is 5.00. The van der Waals surface area contributed by atoms with Gasteiger partial charge in [-0.05, 0) is 58.7 Å². The highest BCUT2D eigenvalue weighted by atomic mass is 79.9. The van der Waals surface area contributed by atoms with Crippen molar-refractivity contribution >= 4 is 37.8 Å². The number of rotatable bonds is 4. The van der Waals surface area contributed by atoms with Crippen LogP contribution in [0.15, 0.2) is 21.2 Å². The Morgan fingerprint density at radius 2 is 2.06 bits per heavy atom. The van der Waals surface area contributed by atoms with Crippen LogP contribution in [0.2, 0.25) is 0 Å². The number of nitrogens with zero attached hydrogens (tertiary/aromatic N) is 2. The molecule has 4 nitrogen and oxygen atoms in total. The van der Waals surface area contributed by atoms with Crippen LogP contribution in [0.4, 0.5) is 0 Å². The van der Waals surface area contributed by atoms with E-state index < -0.39 is 5.97 Å². The highest BCUT2D eigenvalue weighted by Gasteiger charge is 2.24. The minimum atomic E-state index is -0.835. The molecule has 6 heteroatoms. The smallest absolute Gasteiger partial charge is 0.317 e. The van der Waals surface area contributed by atoms with Gasteiger partial charge >= 0.3 is 5.97 Å². The monoisotopic (exact) mass is 378 g/mol. The van der Waals surface area contributed by atoms with Gasteiger partial charge in [0.1, 0.15) is 0 Å². The lowest BCUT2D eigenvalue weighted by atomic mass is 10.1. The maximum Gasteiger partial charge on any atom is 0.317 e. The van der Waals surface area contributed by atoms with Crippen LogP contribution in [-0.2, 0) is 11.3 Å². The molecule has 0 atom stereocenters. The van der Waals surface area contributed by atoms with E-state index in [4.69, 9.17) is 5.11 Å². The first-order valence-electron chi connectivity index (χ1n) is 5.47. The zero-order chi connectivity index (χ0) is 13.9. The van der Waals surface area contributed by atoms with Crippen molar-refractivity contribution in [2.45, 2.75) is 32.9 Å². The molecule has 0 bridgehead atoms. The fraction of sp³-hybridized carbons (Fsp3) is 0.500. The van der Waals surface area contributed by atoms with E-state index in [9.17, 15) is 4.79 Å². The van der Waals surface area contributed by atoms with Crippen LogP contribution in [0.5, 0.6) is 0 Å². The Bertz CT molecular complexity index is 444. The minimum Gasteiger partial charge on any atom is -0.480 e. The average molecular weight is 380 g/mol. The Balaban J connectivity index is 2.92. The van der Waals surface area contributed by atoms with Crippen LogP contribution in [0, 0.1) is 0 Å². The summed E-state index contributed by atoms with van der Waals surface area (Å²) in [5.74, 6) is -0.835. The van der Waals surface area contributed by atoms with Crippen molar-refractivity contribution in [1.82, 2.24) is 9.88 Å². The third-order valence-electron chi connectivity index (χ3n) is 2.50. The maximum absolute atomic E-state index is 10.9. The van der Waals surface area contributed by atoms with E-state index in [0.717, 1.165) is 14.6 Å². The van der Waals surface area contributed by atoms with Crippen molar-refractivity contribution in [3.8, 4) is 0 Å². The number of carboxylic acids is 1. The zero-order valence-electron chi connectivity index (χ0n) is 10.6. The summed E-state index contributed by atoms with van der Waals surface area (Å²) in [6, 6.07) is 1.91. The molecule has 0 spiro atoms. The third kappa shape index (κ3) is 4.66. The Kier molecular flexibility index (Phi) is 5.31. The molecule has 0 aliphatic rings. The molecule has 0 saturated heterocycles. The fourth-order valence-corrected chi connectivity index (χ4v) is 2.55. The van der Waals surface area contributed by atoms with Gasteiger partial charge in [-0.3, -0.25) is 14.7 Å². The van der Waals surface area contributed by atoms with E-state index in [1.165, 1.54) is 0 Å². The SMILES string of the molecule is CC(C)(C)N(CC(=O)O)Cc1ncc(Br)cc1Br. The van der Waals surface area contributed by atoms with Gasteiger partial charge in [-0.15, -0.1) is 0 Å². The van der Waals surface area contributed by atoms with Crippen molar-refractivity contribution in [2.75, 3.05) is 6.54 Å². The number of carbonyl (C=O) groups is 1. The van der Waals surface area contributed by atoms with Crippen molar-refractivity contribution in [2.24, 2.45) is 0 Å². The fourth-order valence-electron chi connectivity index (χ4n) is 1.43. The summed E-state index contributed by atoms with van der Waals surface area (Å²) in [5, 5.41) is 8.96. The number of pyridine rings is 1. The molecular weight excluding hydrogens is 364 g/mol. The Morgan fingerprint density at radius 3 is 2.50 bits per heavy atom. The van der Waals surface area contributed by atoms with Crippen molar-refractivity contribution in [1.29, 1.82) is 0 Å². The second kappa shape index (κ2) is 6.12. The molecule has 1 N–H and O–H groups in total. The summed E-state index contributed by atoms with van der Waals surface area (Å²) in [4.78, 5) is 17.1. The first-order valence-corrected chi connectivity index (χ1v) is 7.05. The molecule has 0 aliphatic heterocycles. The normalized spacial score (nSPS) is 11.9. The molecule has 1 aromatic heterocycles. The third-order valence-corrected chi connectivity index (χ3v) is 3.62. The average Bonchev–Trinajstić information content (AvgIpc) is 2.18. The topological polar surface area (TPSA) is 53.4 Å². The number of aromatic nitrogens is 1. The van der Waals surface area contributed by atoms with Crippen LogP contribution in [0.3, 0.4) is 0 Å². The lowest BCUT2D eigenvalue weighted by molar-refractivity contribution is -0.139. The van der Waals surface area contributed by atoms with Crippen molar-refractivity contribution in [3.05, 3.63) is 26.9 Å². The quantitative estimate of drug-likeness (QED) is 0.871. The van der Waals surface area contributed by atoms with E-state index in [1.54, 1.807) is 6.20 Å². The molecule has 1 heterocycles. The summed E-state index contributed by atoms with van der Waals surface area (Å²) in [6.45, 7) is 6.45.